The van der Waals surface area contributed by atoms with Gasteiger partial charge in [0.2, 0.25) is 0 Å². The standard InChI is InChI=1S/C13H17NSi2/c1-14(15-12-8-4-2-5-9-12)16-13-10-6-3-7-11-13/h2-11H,15-16H2,1H3. The molecule has 2 rings (SSSR count). The van der Waals surface area contributed by atoms with E-state index in [0.29, 0.717) is 0 Å². The Kier molecular flexibility index (Phi) is 4.10. The second-order valence-corrected chi connectivity index (χ2v) is 9.46. The SMILES string of the molecule is CN([SiH2]c1ccccc1)[SiH2]c1ccccc1. The van der Waals surface area contributed by atoms with Gasteiger partial charge >= 0.3 is 0 Å². The fourth-order valence-electron chi connectivity index (χ4n) is 1.85. The van der Waals surface area contributed by atoms with E-state index in [-0.39, 0.29) is 19.4 Å². The predicted molar refractivity (Wildman–Crippen MR) is 77.0 cm³/mol. The zero-order valence-corrected chi connectivity index (χ0v) is 12.5. The zero-order valence-electron chi connectivity index (χ0n) is 9.63. The Morgan fingerprint density at radius 3 is 1.44 bits per heavy atom. The molecule has 0 spiro atoms. The fraction of sp³-hybridized carbons (Fsp3) is 0.0769. The predicted octanol–water partition coefficient (Wildman–Crippen LogP) is -0.263. The molecular weight excluding hydrogens is 226 g/mol. The molecule has 0 saturated heterocycles. The molecule has 2 aromatic rings. The fourth-order valence-corrected chi connectivity index (χ4v) is 6.06. The summed E-state index contributed by atoms with van der Waals surface area (Å²) in [7, 11) is 1.80. The van der Waals surface area contributed by atoms with Gasteiger partial charge in [-0.3, -0.25) is 0 Å². The minimum atomic E-state index is -0.236. The van der Waals surface area contributed by atoms with Crippen LogP contribution in [0.4, 0.5) is 0 Å². The molecule has 0 bridgehead atoms. The van der Waals surface area contributed by atoms with Gasteiger partial charge in [0, 0.05) is 0 Å². The maximum absolute atomic E-state index is 2.60. The quantitative estimate of drug-likeness (QED) is 0.669. The first kappa shape index (κ1) is 11.3. The number of hydrogen-bond acceptors (Lipinski definition) is 1. The van der Waals surface area contributed by atoms with Crippen LogP contribution in [0.5, 0.6) is 0 Å². The Balaban J connectivity index is 1.92. The first-order chi connectivity index (χ1) is 7.84. The molecule has 0 aliphatic heterocycles. The molecule has 0 radical (unpaired) electrons. The summed E-state index contributed by atoms with van der Waals surface area (Å²) in [5, 5.41) is 3.07. The van der Waals surface area contributed by atoms with Crippen LogP contribution in [-0.2, 0) is 0 Å². The van der Waals surface area contributed by atoms with Crippen LogP contribution in [0, 0.1) is 0 Å². The molecule has 82 valence electrons. The van der Waals surface area contributed by atoms with Gasteiger partial charge in [-0.1, -0.05) is 71.0 Å². The second-order valence-electron chi connectivity index (χ2n) is 4.14. The van der Waals surface area contributed by atoms with E-state index in [2.05, 4.69) is 71.9 Å². The normalized spacial score (nSPS) is 12.1. The lowest BCUT2D eigenvalue weighted by Gasteiger charge is -2.15. The lowest BCUT2D eigenvalue weighted by Crippen LogP contribution is -2.40. The number of nitrogens with zero attached hydrogens (tertiary/aromatic N) is 1. The topological polar surface area (TPSA) is 3.24 Å². The highest BCUT2D eigenvalue weighted by molar-refractivity contribution is 6.66. The monoisotopic (exact) mass is 243 g/mol. The minimum absolute atomic E-state index is 0.236. The van der Waals surface area contributed by atoms with Crippen molar-refractivity contribution in [2.75, 3.05) is 7.05 Å². The van der Waals surface area contributed by atoms with Crippen molar-refractivity contribution in [3.8, 4) is 0 Å². The number of hydrogen-bond donors (Lipinski definition) is 0. The maximum Gasteiger partial charge on any atom is 0.120 e. The van der Waals surface area contributed by atoms with Crippen LogP contribution < -0.4 is 10.4 Å². The highest BCUT2D eigenvalue weighted by atomic mass is 28.3. The number of rotatable bonds is 4. The lowest BCUT2D eigenvalue weighted by atomic mass is 10.4. The van der Waals surface area contributed by atoms with Gasteiger partial charge in [0.1, 0.15) is 19.4 Å². The van der Waals surface area contributed by atoms with Crippen LogP contribution in [0.1, 0.15) is 0 Å². The molecule has 0 unspecified atom stereocenters. The van der Waals surface area contributed by atoms with Gasteiger partial charge < -0.3 is 4.23 Å². The van der Waals surface area contributed by atoms with Gasteiger partial charge in [-0.25, -0.2) is 0 Å². The Morgan fingerprint density at radius 2 is 1.06 bits per heavy atom. The summed E-state index contributed by atoms with van der Waals surface area (Å²) < 4.78 is 2.60. The Morgan fingerprint density at radius 1 is 0.688 bits per heavy atom. The summed E-state index contributed by atoms with van der Waals surface area (Å²) in [5.74, 6) is 0. The summed E-state index contributed by atoms with van der Waals surface area (Å²) in [5.41, 5.74) is 0. The second kappa shape index (κ2) is 5.79. The van der Waals surface area contributed by atoms with E-state index < -0.39 is 0 Å². The van der Waals surface area contributed by atoms with Gasteiger partial charge in [-0.15, -0.1) is 0 Å². The molecule has 0 aromatic heterocycles. The van der Waals surface area contributed by atoms with Gasteiger partial charge in [0.05, 0.1) is 0 Å². The van der Waals surface area contributed by atoms with E-state index in [1.54, 1.807) is 0 Å². The van der Waals surface area contributed by atoms with Crippen LogP contribution in [0.3, 0.4) is 0 Å². The molecule has 2 aromatic carbocycles. The minimum Gasteiger partial charge on any atom is -0.351 e. The van der Waals surface area contributed by atoms with E-state index in [1.807, 2.05) is 0 Å². The molecule has 0 N–H and O–H groups in total. The van der Waals surface area contributed by atoms with Crippen LogP contribution in [0.25, 0.3) is 0 Å². The van der Waals surface area contributed by atoms with Gasteiger partial charge in [0.25, 0.3) is 0 Å². The van der Waals surface area contributed by atoms with Crippen molar-refractivity contribution in [3.05, 3.63) is 60.7 Å². The van der Waals surface area contributed by atoms with Gasteiger partial charge in [0.15, 0.2) is 0 Å². The Hall–Kier alpha value is -1.17. The molecule has 3 heteroatoms. The molecule has 0 fully saturated rings. The Bertz CT molecular complexity index is 375. The van der Waals surface area contributed by atoms with E-state index in [9.17, 15) is 0 Å². The van der Waals surface area contributed by atoms with Gasteiger partial charge in [-0.05, 0) is 7.05 Å². The molecule has 0 aliphatic rings. The zero-order chi connectivity index (χ0) is 11.2. The third-order valence-corrected chi connectivity index (χ3v) is 6.69. The van der Waals surface area contributed by atoms with Crippen LogP contribution in [0.2, 0.25) is 0 Å². The molecular formula is C13H17NSi2. The Labute approximate surface area is 102 Å². The molecule has 0 saturated carbocycles. The first-order valence-electron chi connectivity index (χ1n) is 5.61. The summed E-state index contributed by atoms with van der Waals surface area (Å²) in [6, 6.07) is 21.7. The smallest absolute Gasteiger partial charge is 0.120 e. The van der Waals surface area contributed by atoms with E-state index >= 15 is 0 Å². The highest BCUT2D eigenvalue weighted by Crippen LogP contribution is 1.86. The van der Waals surface area contributed by atoms with E-state index in [1.165, 1.54) is 10.4 Å². The molecule has 0 heterocycles. The molecule has 0 amide bonds. The third kappa shape index (κ3) is 3.45. The van der Waals surface area contributed by atoms with Crippen LogP contribution in [-0.4, -0.2) is 30.6 Å². The average Bonchev–Trinajstić information content (AvgIpc) is 2.31. The summed E-state index contributed by atoms with van der Waals surface area (Å²) in [4.78, 5) is 0. The maximum atomic E-state index is 2.60. The number of benzene rings is 2. The van der Waals surface area contributed by atoms with Crippen molar-refractivity contribution >= 4 is 29.7 Å². The third-order valence-electron chi connectivity index (χ3n) is 2.59. The van der Waals surface area contributed by atoms with Crippen LogP contribution in [0.15, 0.2) is 60.7 Å². The van der Waals surface area contributed by atoms with Gasteiger partial charge in [-0.2, -0.15) is 0 Å². The van der Waals surface area contributed by atoms with Crippen molar-refractivity contribution in [2.24, 2.45) is 0 Å². The van der Waals surface area contributed by atoms with E-state index in [4.69, 9.17) is 0 Å². The molecule has 16 heavy (non-hydrogen) atoms. The van der Waals surface area contributed by atoms with Crippen molar-refractivity contribution in [3.63, 3.8) is 0 Å². The average molecular weight is 243 g/mol. The lowest BCUT2D eigenvalue weighted by molar-refractivity contribution is 0.865. The van der Waals surface area contributed by atoms with Crippen molar-refractivity contribution < 1.29 is 0 Å². The summed E-state index contributed by atoms with van der Waals surface area (Å²) >= 11 is 0. The van der Waals surface area contributed by atoms with Crippen molar-refractivity contribution in [1.29, 1.82) is 0 Å². The van der Waals surface area contributed by atoms with Crippen molar-refractivity contribution in [1.82, 2.24) is 4.23 Å². The first-order valence-corrected chi connectivity index (χ1v) is 8.29. The molecule has 0 aliphatic carbocycles. The summed E-state index contributed by atoms with van der Waals surface area (Å²) in [6.45, 7) is 0. The van der Waals surface area contributed by atoms with Crippen LogP contribution >= 0.6 is 0 Å². The molecule has 1 nitrogen and oxygen atoms in total. The largest absolute Gasteiger partial charge is 0.351 e. The van der Waals surface area contributed by atoms with Crippen molar-refractivity contribution in [2.45, 2.75) is 0 Å². The van der Waals surface area contributed by atoms with E-state index in [0.717, 1.165) is 0 Å². The summed E-state index contributed by atoms with van der Waals surface area (Å²) in [6.07, 6.45) is 0. The molecule has 0 atom stereocenters. The highest BCUT2D eigenvalue weighted by Gasteiger charge is 2.02.